The van der Waals surface area contributed by atoms with E-state index in [1.807, 2.05) is 0 Å². The smallest absolute Gasteiger partial charge is 0.0491 e. The quantitative estimate of drug-likeness (QED) is 0.171. The molecule has 0 spiro atoms. The molecule has 0 fully saturated rings. The summed E-state index contributed by atoms with van der Waals surface area (Å²) in [6.07, 6.45) is 5.02. The van der Waals surface area contributed by atoms with Gasteiger partial charge in [0.1, 0.15) is 0 Å². The molecule has 0 saturated carbocycles. The van der Waals surface area contributed by atoms with Crippen molar-refractivity contribution in [1.29, 1.82) is 0 Å². The first kappa shape index (κ1) is 29.5. The summed E-state index contributed by atoms with van der Waals surface area (Å²) in [5, 5.41) is 15.4. The van der Waals surface area contributed by atoms with Gasteiger partial charge in [0.05, 0.1) is 0 Å². The van der Waals surface area contributed by atoms with Gasteiger partial charge in [-0.25, -0.2) is 0 Å². The van der Waals surface area contributed by atoms with Crippen LogP contribution in [0, 0.1) is 27.7 Å². The molecule has 8 aromatic rings. The molecule has 1 aromatic heterocycles. The monoisotopic (exact) mass is 609 g/mol. The molecule has 1 nitrogen and oxygen atoms in total. The zero-order chi connectivity index (χ0) is 32.2. The molecule has 7 aromatic carbocycles. The molecule has 1 heterocycles. The van der Waals surface area contributed by atoms with E-state index in [0.717, 1.165) is 6.54 Å². The minimum absolute atomic E-state index is 1.05. The van der Waals surface area contributed by atoms with Crippen LogP contribution in [0.4, 0.5) is 0 Å². The van der Waals surface area contributed by atoms with Crippen molar-refractivity contribution in [2.45, 2.75) is 66.8 Å². The third-order valence-corrected chi connectivity index (χ3v) is 10.1. The first-order valence-corrected chi connectivity index (χ1v) is 17.4. The molecule has 0 unspecified atom stereocenters. The minimum atomic E-state index is 1.05. The van der Waals surface area contributed by atoms with Crippen LogP contribution in [0.2, 0.25) is 0 Å². The van der Waals surface area contributed by atoms with E-state index in [4.69, 9.17) is 0 Å². The highest BCUT2D eigenvalue weighted by Gasteiger charge is 2.12. The maximum Gasteiger partial charge on any atom is 0.0491 e. The highest BCUT2D eigenvalue weighted by Crippen LogP contribution is 2.35. The summed E-state index contributed by atoms with van der Waals surface area (Å²) >= 11 is 0. The fraction of sp³-hybridized carbons (Fsp3) is 0.217. The number of hydrogen-bond acceptors (Lipinski definition) is 0. The Bertz CT molecular complexity index is 2420. The van der Waals surface area contributed by atoms with Gasteiger partial charge in [-0.3, -0.25) is 0 Å². The molecule has 0 aliphatic heterocycles. The zero-order valence-electron chi connectivity index (χ0n) is 28.4. The van der Waals surface area contributed by atoms with Gasteiger partial charge in [0.15, 0.2) is 0 Å². The van der Waals surface area contributed by atoms with E-state index in [9.17, 15) is 0 Å². The second-order valence-corrected chi connectivity index (χ2v) is 14.0. The topological polar surface area (TPSA) is 4.93 Å². The maximum atomic E-state index is 2.57. The minimum Gasteiger partial charge on any atom is -0.340 e. The molecular formula is C46H43N. The molecular weight excluding hydrogens is 567 g/mol. The molecule has 0 radical (unpaired) electrons. The van der Waals surface area contributed by atoms with Gasteiger partial charge in [0, 0.05) is 28.4 Å². The van der Waals surface area contributed by atoms with Gasteiger partial charge in [-0.15, -0.1) is 0 Å². The van der Waals surface area contributed by atoms with E-state index in [1.54, 1.807) is 0 Å². The summed E-state index contributed by atoms with van der Waals surface area (Å²) in [5.41, 5.74) is 7.78. The summed E-state index contributed by atoms with van der Waals surface area (Å²) < 4.78 is 2.57. The Morgan fingerprint density at radius 1 is 0.362 bits per heavy atom. The van der Waals surface area contributed by atoms with Crippen molar-refractivity contribution in [3.63, 3.8) is 0 Å². The van der Waals surface area contributed by atoms with Crippen LogP contribution in [-0.4, -0.2) is 4.57 Å². The summed E-state index contributed by atoms with van der Waals surface area (Å²) in [6, 6.07) is 42.5. The molecule has 12 bridgehead atoms. The molecule has 0 amide bonds. The number of nitrogens with zero attached hydrogens (tertiary/aromatic N) is 1. The van der Waals surface area contributed by atoms with E-state index in [0.29, 0.717) is 0 Å². The second kappa shape index (κ2) is 11.7. The zero-order valence-corrected chi connectivity index (χ0v) is 28.4. The van der Waals surface area contributed by atoms with E-state index in [2.05, 4.69) is 148 Å². The van der Waals surface area contributed by atoms with E-state index in [1.165, 1.54) is 124 Å². The number of rotatable bonds is 5. The molecule has 0 atom stereocenters. The lowest BCUT2D eigenvalue weighted by Gasteiger charge is -2.08. The van der Waals surface area contributed by atoms with Crippen LogP contribution < -0.4 is 0 Å². The summed E-state index contributed by atoms with van der Waals surface area (Å²) in [6.45, 7) is 12.2. The lowest BCUT2D eigenvalue weighted by atomic mass is 9.99. The van der Waals surface area contributed by atoms with Gasteiger partial charge in [-0.2, -0.15) is 0 Å². The van der Waals surface area contributed by atoms with Crippen molar-refractivity contribution in [1.82, 2.24) is 4.57 Å². The average Bonchev–Trinajstić information content (AvgIpc) is 3.37. The molecule has 8 rings (SSSR count). The van der Waals surface area contributed by atoms with Crippen LogP contribution in [0.5, 0.6) is 0 Å². The maximum absolute atomic E-state index is 2.57. The lowest BCUT2D eigenvalue weighted by molar-refractivity contribution is 0.602. The average molecular weight is 610 g/mol. The van der Waals surface area contributed by atoms with Gasteiger partial charge in [0.25, 0.3) is 0 Å². The second-order valence-electron chi connectivity index (χ2n) is 14.0. The van der Waals surface area contributed by atoms with Gasteiger partial charge < -0.3 is 4.57 Å². The highest BCUT2D eigenvalue weighted by molar-refractivity contribution is 6.13. The normalized spacial score (nSPS) is 11.9. The lowest BCUT2D eigenvalue weighted by Crippen LogP contribution is -1.97. The molecule has 0 aliphatic rings. The Kier molecular flexibility index (Phi) is 7.37. The number of hydrogen-bond donors (Lipinski definition) is 0. The largest absolute Gasteiger partial charge is 0.340 e. The molecule has 0 aliphatic carbocycles. The first-order valence-electron chi connectivity index (χ1n) is 17.4. The van der Waals surface area contributed by atoms with Gasteiger partial charge in [0.2, 0.25) is 0 Å². The third-order valence-electron chi connectivity index (χ3n) is 10.1. The van der Waals surface area contributed by atoms with Crippen molar-refractivity contribution in [3.05, 3.63) is 131 Å². The summed E-state index contributed by atoms with van der Waals surface area (Å²) in [7, 11) is 0. The van der Waals surface area contributed by atoms with Crippen molar-refractivity contribution in [3.8, 4) is 0 Å². The van der Waals surface area contributed by atoms with E-state index in [-0.39, 0.29) is 0 Å². The molecule has 232 valence electrons. The van der Waals surface area contributed by atoms with Crippen LogP contribution in [-0.2, 0) is 6.54 Å². The Balaban J connectivity index is 1.57. The van der Waals surface area contributed by atoms with Crippen LogP contribution in [0.15, 0.2) is 109 Å². The predicted molar refractivity (Wildman–Crippen MR) is 208 cm³/mol. The fourth-order valence-corrected chi connectivity index (χ4v) is 7.87. The van der Waals surface area contributed by atoms with Crippen LogP contribution >= 0.6 is 0 Å². The SMILES string of the molecule is CCCCCCn1c2ccc3cc2c2cc(ccc21)c1cc(C)cc(c1)c1cc(C)cc(c1)c1cc(C)cc(c1)c1cc(C)cc3c1. The van der Waals surface area contributed by atoms with Crippen LogP contribution in [0.1, 0.15) is 54.9 Å². The van der Waals surface area contributed by atoms with Crippen molar-refractivity contribution in [2.24, 2.45) is 0 Å². The Labute approximate surface area is 277 Å². The Morgan fingerprint density at radius 3 is 1.04 bits per heavy atom. The number of aromatic nitrogens is 1. The van der Waals surface area contributed by atoms with E-state index >= 15 is 0 Å². The Hall–Kier alpha value is -4.88. The molecule has 47 heavy (non-hydrogen) atoms. The van der Waals surface area contributed by atoms with E-state index < -0.39 is 0 Å². The summed E-state index contributed by atoms with van der Waals surface area (Å²) in [5.74, 6) is 0. The number of benzene rings is 6. The van der Waals surface area contributed by atoms with Crippen LogP contribution in [0.3, 0.4) is 0 Å². The molecule has 0 saturated heterocycles. The van der Waals surface area contributed by atoms with Crippen LogP contribution in [0.25, 0.3) is 75.7 Å². The van der Waals surface area contributed by atoms with Crippen molar-refractivity contribution in [2.75, 3.05) is 0 Å². The number of unbranched alkanes of at least 4 members (excludes halogenated alkanes) is 3. The molecule has 1 heteroatoms. The first-order chi connectivity index (χ1) is 22.8. The summed E-state index contributed by atoms with van der Waals surface area (Å²) in [4.78, 5) is 0. The van der Waals surface area contributed by atoms with Gasteiger partial charge >= 0.3 is 0 Å². The Morgan fingerprint density at radius 2 is 0.702 bits per heavy atom. The van der Waals surface area contributed by atoms with Crippen molar-refractivity contribution >= 4 is 75.7 Å². The van der Waals surface area contributed by atoms with Gasteiger partial charge in [-0.1, -0.05) is 86.8 Å². The third kappa shape index (κ3) is 5.48. The fourth-order valence-electron chi connectivity index (χ4n) is 7.87. The van der Waals surface area contributed by atoms with Gasteiger partial charge in [-0.05, 0) is 159 Å². The number of aryl methyl sites for hydroxylation is 5. The molecule has 0 N–H and O–H groups in total. The highest BCUT2D eigenvalue weighted by atomic mass is 15.0. The van der Waals surface area contributed by atoms with Crippen molar-refractivity contribution < 1.29 is 0 Å². The predicted octanol–water partition coefficient (Wildman–Crippen LogP) is 13.5. The number of fused-ring (bicyclic) bond motifs is 15. The standard InChI is InChI=1S/C46H43N/c1-6-7-8-9-14-47-45-12-10-33-27-43(45)44-28-34(11-13-46(44)47)36-16-30(3)18-38(24-36)40-20-32(5)22-42(26-40)41-21-31(4)19-39(25-41)37-17-29(2)15-35(33)23-37/h10-13,15-28H,6-9,14H2,1-5H3.